The molecule has 6 nitrogen and oxygen atoms in total. The van der Waals surface area contributed by atoms with E-state index in [4.69, 9.17) is 0 Å². The average molecular weight is 270 g/mol. The minimum absolute atomic E-state index is 0.753. The van der Waals surface area contributed by atoms with E-state index < -0.39 is 0 Å². The Morgan fingerprint density at radius 1 is 1.15 bits per heavy atom. The summed E-state index contributed by atoms with van der Waals surface area (Å²) in [5.74, 6) is 2.03. The third-order valence-electron chi connectivity index (χ3n) is 3.49. The van der Waals surface area contributed by atoms with Gasteiger partial charge in [-0.05, 0) is 12.1 Å². The smallest absolute Gasteiger partial charge is 0.133 e. The van der Waals surface area contributed by atoms with Crippen molar-refractivity contribution in [2.75, 3.05) is 6.54 Å². The maximum absolute atomic E-state index is 4.63. The van der Waals surface area contributed by atoms with Crippen LogP contribution in [0.3, 0.4) is 0 Å². The predicted octanol–water partition coefficient (Wildman–Crippen LogP) is 1.03. The number of aryl methyl sites for hydroxylation is 2. The lowest BCUT2D eigenvalue weighted by Crippen LogP contribution is -2.20. The normalized spacial score (nSPS) is 11.3. The highest BCUT2D eigenvalue weighted by Gasteiger charge is 2.06. The van der Waals surface area contributed by atoms with Gasteiger partial charge in [0, 0.05) is 27.1 Å². The summed E-state index contributed by atoms with van der Waals surface area (Å²) in [6.07, 6.45) is 2.58. The number of imidazole rings is 1. The third kappa shape index (κ3) is 2.42. The second-order valence-corrected chi connectivity index (χ2v) is 4.86. The molecule has 0 aliphatic heterocycles. The summed E-state index contributed by atoms with van der Waals surface area (Å²) in [5.41, 5.74) is 2.21. The van der Waals surface area contributed by atoms with E-state index in [0.29, 0.717) is 0 Å². The maximum atomic E-state index is 4.63. The van der Waals surface area contributed by atoms with Crippen molar-refractivity contribution in [2.45, 2.75) is 13.0 Å². The largest absolute Gasteiger partial charge is 0.330 e. The summed E-state index contributed by atoms with van der Waals surface area (Å²) in [4.78, 5) is 4.63. The van der Waals surface area contributed by atoms with Gasteiger partial charge in [0.15, 0.2) is 0 Å². The summed E-state index contributed by atoms with van der Waals surface area (Å²) in [5, 5.41) is 11.3. The van der Waals surface area contributed by atoms with Gasteiger partial charge in [-0.3, -0.25) is 0 Å². The Balaban J connectivity index is 1.60. The van der Waals surface area contributed by atoms with Crippen molar-refractivity contribution in [1.82, 2.24) is 29.6 Å². The van der Waals surface area contributed by atoms with E-state index in [1.807, 2.05) is 29.8 Å². The van der Waals surface area contributed by atoms with E-state index in [2.05, 4.69) is 38.2 Å². The molecule has 1 N–H and O–H groups in total. The van der Waals surface area contributed by atoms with E-state index >= 15 is 0 Å². The van der Waals surface area contributed by atoms with Crippen molar-refractivity contribution in [3.63, 3.8) is 0 Å². The zero-order valence-electron chi connectivity index (χ0n) is 11.7. The number of benzene rings is 1. The van der Waals surface area contributed by atoms with Crippen LogP contribution in [-0.2, 0) is 27.1 Å². The molecule has 2 aromatic heterocycles. The van der Waals surface area contributed by atoms with Crippen LogP contribution in [0.1, 0.15) is 11.6 Å². The highest BCUT2D eigenvalue weighted by atomic mass is 15.2. The number of aromatic nitrogens is 5. The number of nitrogens with one attached hydrogen (secondary N) is 1. The topological polar surface area (TPSA) is 60.6 Å². The first-order valence-electron chi connectivity index (χ1n) is 6.69. The van der Waals surface area contributed by atoms with E-state index in [1.165, 1.54) is 0 Å². The van der Waals surface area contributed by atoms with Gasteiger partial charge in [0.25, 0.3) is 0 Å². The van der Waals surface area contributed by atoms with Crippen molar-refractivity contribution < 1.29 is 0 Å². The Labute approximate surface area is 117 Å². The summed E-state index contributed by atoms with van der Waals surface area (Å²) in [6, 6.07) is 8.18. The predicted molar refractivity (Wildman–Crippen MR) is 77.1 cm³/mol. The van der Waals surface area contributed by atoms with Crippen molar-refractivity contribution in [2.24, 2.45) is 14.1 Å². The van der Waals surface area contributed by atoms with Crippen LogP contribution in [-0.4, -0.2) is 30.9 Å². The van der Waals surface area contributed by atoms with Gasteiger partial charge in [-0.2, -0.15) is 0 Å². The van der Waals surface area contributed by atoms with Crippen LogP contribution in [0.5, 0.6) is 0 Å². The second kappa shape index (κ2) is 5.42. The van der Waals surface area contributed by atoms with Crippen LogP contribution in [0.2, 0.25) is 0 Å². The van der Waals surface area contributed by atoms with Crippen LogP contribution in [0.4, 0.5) is 0 Å². The maximum Gasteiger partial charge on any atom is 0.133 e. The first-order valence-corrected chi connectivity index (χ1v) is 6.69. The van der Waals surface area contributed by atoms with Crippen molar-refractivity contribution in [1.29, 1.82) is 0 Å². The molecular weight excluding hydrogens is 252 g/mol. The van der Waals surface area contributed by atoms with Gasteiger partial charge in [-0.15, -0.1) is 10.2 Å². The van der Waals surface area contributed by atoms with E-state index in [1.54, 1.807) is 6.33 Å². The van der Waals surface area contributed by atoms with Gasteiger partial charge >= 0.3 is 0 Å². The summed E-state index contributed by atoms with van der Waals surface area (Å²) < 4.78 is 4.07. The fraction of sp³-hybridized carbons (Fsp3) is 0.357. The van der Waals surface area contributed by atoms with Crippen LogP contribution in [0, 0.1) is 0 Å². The number of nitrogens with zero attached hydrogens (tertiary/aromatic N) is 5. The molecule has 0 saturated carbocycles. The number of hydrogen-bond acceptors (Lipinski definition) is 4. The molecule has 6 heteroatoms. The molecule has 0 aliphatic carbocycles. The molecule has 0 saturated heterocycles. The van der Waals surface area contributed by atoms with Crippen molar-refractivity contribution >= 4 is 11.0 Å². The summed E-state index contributed by atoms with van der Waals surface area (Å²) in [6.45, 7) is 1.61. The molecule has 3 aromatic rings. The third-order valence-corrected chi connectivity index (χ3v) is 3.49. The fourth-order valence-corrected chi connectivity index (χ4v) is 2.29. The first-order chi connectivity index (χ1) is 9.75. The minimum atomic E-state index is 0.753. The lowest BCUT2D eigenvalue weighted by molar-refractivity contribution is 0.622. The quantitative estimate of drug-likeness (QED) is 0.704. The molecule has 20 heavy (non-hydrogen) atoms. The van der Waals surface area contributed by atoms with Crippen LogP contribution < -0.4 is 5.32 Å². The second-order valence-electron chi connectivity index (χ2n) is 4.86. The lowest BCUT2D eigenvalue weighted by atomic mass is 10.3. The molecule has 0 amide bonds. The Morgan fingerprint density at radius 2 is 2.00 bits per heavy atom. The average Bonchev–Trinajstić information content (AvgIpc) is 3.00. The molecule has 0 atom stereocenters. The van der Waals surface area contributed by atoms with Gasteiger partial charge in [-0.1, -0.05) is 12.1 Å². The van der Waals surface area contributed by atoms with Gasteiger partial charge < -0.3 is 14.5 Å². The molecule has 1 aromatic carbocycles. The molecule has 0 unspecified atom stereocenters. The van der Waals surface area contributed by atoms with Gasteiger partial charge in [0.05, 0.1) is 17.6 Å². The monoisotopic (exact) mass is 270 g/mol. The molecule has 0 spiro atoms. The minimum Gasteiger partial charge on any atom is -0.330 e. The molecule has 104 valence electrons. The Bertz CT molecular complexity index is 711. The highest BCUT2D eigenvalue weighted by molar-refractivity contribution is 5.75. The zero-order valence-corrected chi connectivity index (χ0v) is 11.7. The standard InChI is InChI=1S/C14H18N6/c1-19-10-16-18-13(19)7-8-15-9-14-17-11-5-3-4-6-12(11)20(14)2/h3-6,10,15H,7-9H2,1-2H3. The van der Waals surface area contributed by atoms with E-state index in [-0.39, 0.29) is 0 Å². The Hall–Kier alpha value is -2.21. The molecule has 0 bridgehead atoms. The highest BCUT2D eigenvalue weighted by Crippen LogP contribution is 2.13. The van der Waals surface area contributed by atoms with Crippen LogP contribution >= 0.6 is 0 Å². The number of rotatable bonds is 5. The molecule has 3 rings (SSSR count). The van der Waals surface area contributed by atoms with Gasteiger partial charge in [0.1, 0.15) is 18.0 Å². The van der Waals surface area contributed by atoms with Gasteiger partial charge in [0.2, 0.25) is 0 Å². The Kier molecular flexibility index (Phi) is 3.47. The summed E-state index contributed by atoms with van der Waals surface area (Å²) >= 11 is 0. The zero-order chi connectivity index (χ0) is 13.9. The molecule has 0 aliphatic rings. The number of hydrogen-bond donors (Lipinski definition) is 1. The molecule has 0 radical (unpaired) electrons. The first kappa shape index (κ1) is 12.8. The van der Waals surface area contributed by atoms with Crippen molar-refractivity contribution in [3.8, 4) is 0 Å². The number of para-hydroxylation sites is 2. The van der Waals surface area contributed by atoms with Gasteiger partial charge in [-0.25, -0.2) is 4.98 Å². The molecule has 0 fully saturated rings. The van der Waals surface area contributed by atoms with Crippen LogP contribution in [0.15, 0.2) is 30.6 Å². The van der Waals surface area contributed by atoms with E-state index in [9.17, 15) is 0 Å². The molecule has 2 heterocycles. The summed E-state index contributed by atoms with van der Waals surface area (Å²) in [7, 11) is 4.01. The van der Waals surface area contributed by atoms with Crippen LogP contribution in [0.25, 0.3) is 11.0 Å². The molecular formula is C14H18N6. The van der Waals surface area contributed by atoms with Crippen molar-refractivity contribution in [3.05, 3.63) is 42.2 Å². The SMILES string of the molecule is Cn1cnnc1CCNCc1nc2ccccc2n1C. The lowest BCUT2D eigenvalue weighted by Gasteiger charge is -2.05. The Morgan fingerprint density at radius 3 is 2.75 bits per heavy atom. The fourth-order valence-electron chi connectivity index (χ4n) is 2.29. The number of fused-ring (bicyclic) bond motifs is 1. The van der Waals surface area contributed by atoms with E-state index in [0.717, 1.165) is 42.2 Å².